The van der Waals surface area contributed by atoms with E-state index in [1.807, 2.05) is 13.8 Å². The van der Waals surface area contributed by atoms with Gasteiger partial charge in [0.2, 0.25) is 5.95 Å². The fraction of sp³-hybridized carbons (Fsp3) is 0.571. The molecule has 4 atom stereocenters. The molecule has 0 spiro atoms. The zero-order valence-corrected chi connectivity index (χ0v) is 14.7. The minimum atomic E-state index is -0.505. The van der Waals surface area contributed by atoms with Crippen molar-refractivity contribution in [2.24, 2.45) is 5.92 Å². The summed E-state index contributed by atoms with van der Waals surface area (Å²) in [5, 5.41) is 0. The van der Waals surface area contributed by atoms with Crippen LogP contribution in [0.2, 0.25) is 0 Å². The van der Waals surface area contributed by atoms with Crippen LogP contribution in [-0.2, 0) is 14.3 Å². The van der Waals surface area contributed by atoms with Crippen molar-refractivity contribution >= 4 is 45.8 Å². The maximum atomic E-state index is 11.5. The van der Waals surface area contributed by atoms with Gasteiger partial charge >= 0.3 is 5.97 Å². The number of carbonyl (C=O) groups is 1. The van der Waals surface area contributed by atoms with Gasteiger partial charge in [0.25, 0.3) is 0 Å². The molecular weight excluding hydrogens is 336 g/mol. The van der Waals surface area contributed by atoms with E-state index in [4.69, 9.17) is 27.4 Å². The highest BCUT2D eigenvalue weighted by atomic mass is 32.1. The Morgan fingerprint density at radius 3 is 3.00 bits per heavy atom. The zero-order valence-electron chi connectivity index (χ0n) is 13.1. The number of carbonyl (C=O) groups excluding carboxylic acids is 1. The third-order valence-corrected chi connectivity index (χ3v) is 5.36. The topological polar surface area (TPSA) is 92.3 Å². The van der Waals surface area contributed by atoms with Crippen molar-refractivity contribution in [2.75, 3.05) is 5.73 Å². The van der Waals surface area contributed by atoms with Gasteiger partial charge in [-0.05, 0) is 18.6 Å². The third-order valence-electron chi connectivity index (χ3n) is 4.04. The molecule has 3 heterocycles. The lowest BCUT2D eigenvalue weighted by Gasteiger charge is -2.22. The van der Waals surface area contributed by atoms with Crippen LogP contribution >= 0.6 is 23.6 Å². The van der Waals surface area contributed by atoms with E-state index >= 15 is 0 Å². The summed E-state index contributed by atoms with van der Waals surface area (Å²) < 4.78 is 14.9. The number of aromatic nitrogens is 3. The predicted molar refractivity (Wildman–Crippen MR) is 89.6 cm³/mol. The van der Waals surface area contributed by atoms with E-state index in [-0.39, 0.29) is 23.9 Å². The Morgan fingerprint density at radius 1 is 1.61 bits per heavy atom. The molecule has 0 saturated carbocycles. The number of esters is 1. The minimum Gasteiger partial charge on any atom is -0.457 e. The summed E-state index contributed by atoms with van der Waals surface area (Å²) in [5.74, 6) is -0.112. The maximum absolute atomic E-state index is 11.5. The Balaban J connectivity index is 2.11. The minimum absolute atomic E-state index is 0.0135. The number of hydrogen-bond acceptors (Lipinski definition) is 8. The molecule has 23 heavy (non-hydrogen) atoms. The molecular formula is C14H18N4O3S2. The third kappa shape index (κ3) is 2.84. The molecule has 1 fully saturated rings. The summed E-state index contributed by atoms with van der Waals surface area (Å²) in [6.07, 6.45) is 1.53. The molecule has 1 saturated heterocycles. The highest BCUT2D eigenvalue weighted by Gasteiger charge is 2.45. The molecule has 0 aromatic carbocycles. The lowest BCUT2D eigenvalue weighted by atomic mass is 9.98. The molecule has 124 valence electrons. The number of nitrogens with two attached hydrogens (primary N) is 1. The van der Waals surface area contributed by atoms with Gasteiger partial charge in [-0.3, -0.25) is 9.36 Å². The van der Waals surface area contributed by atoms with Crippen molar-refractivity contribution in [3.63, 3.8) is 0 Å². The van der Waals surface area contributed by atoms with Crippen LogP contribution in [0, 0.1) is 9.87 Å². The highest BCUT2D eigenvalue weighted by Crippen LogP contribution is 2.40. The molecule has 3 rings (SSSR count). The van der Waals surface area contributed by atoms with Gasteiger partial charge in [-0.15, -0.1) is 11.3 Å². The van der Waals surface area contributed by atoms with Crippen LogP contribution in [0.1, 0.15) is 33.4 Å². The molecule has 0 unspecified atom stereocenters. The molecule has 0 bridgehead atoms. The summed E-state index contributed by atoms with van der Waals surface area (Å²) in [4.78, 5) is 19.8. The molecule has 2 aromatic rings. The first-order valence-electron chi connectivity index (χ1n) is 7.38. The van der Waals surface area contributed by atoms with E-state index in [0.29, 0.717) is 9.60 Å². The van der Waals surface area contributed by atoms with E-state index in [1.165, 1.54) is 18.3 Å². The first kappa shape index (κ1) is 16.3. The highest BCUT2D eigenvalue weighted by molar-refractivity contribution is 7.73. The number of anilines is 1. The molecule has 0 amide bonds. The van der Waals surface area contributed by atoms with Crippen molar-refractivity contribution in [1.82, 2.24) is 14.5 Å². The Kier molecular flexibility index (Phi) is 4.35. The van der Waals surface area contributed by atoms with Gasteiger partial charge in [0.15, 0.2) is 21.9 Å². The van der Waals surface area contributed by atoms with Crippen molar-refractivity contribution in [3.05, 3.63) is 10.2 Å². The van der Waals surface area contributed by atoms with Crippen LogP contribution in [0.4, 0.5) is 5.95 Å². The van der Waals surface area contributed by atoms with Gasteiger partial charge in [0, 0.05) is 12.8 Å². The Labute approximate surface area is 142 Å². The predicted octanol–water partition coefficient (Wildman–Crippen LogP) is 2.68. The van der Waals surface area contributed by atoms with Crippen LogP contribution in [0.25, 0.3) is 10.3 Å². The van der Waals surface area contributed by atoms with Gasteiger partial charge < -0.3 is 15.2 Å². The summed E-state index contributed by atoms with van der Waals surface area (Å²) in [5.41, 5.74) is 6.32. The number of nitrogen functional groups attached to an aromatic ring is 1. The fourth-order valence-corrected chi connectivity index (χ4v) is 4.24. The van der Waals surface area contributed by atoms with Crippen molar-refractivity contribution in [1.29, 1.82) is 0 Å². The lowest BCUT2D eigenvalue weighted by Crippen LogP contribution is -2.29. The standard InChI is InChI=1S/C14H18N4O3S2/c1-4-8-6(2)10(20-7(3)19)12(21-8)18-11-9(23-14(18)22)5-16-13(15)17-11/h5-6,8,10,12H,4H2,1-3H3,(H2,15,16,17)/t6-,8-,10-,12-/m1/s1. The van der Waals surface area contributed by atoms with Crippen LogP contribution in [0.3, 0.4) is 0 Å². The SMILES string of the molecule is CC[C@H]1O[C@@H](n2c(=S)sc3cnc(N)nc32)[C@H](OC(C)=O)[C@@H]1C. The first-order chi connectivity index (χ1) is 10.9. The number of thiazole rings is 1. The van der Waals surface area contributed by atoms with Gasteiger partial charge in [-0.25, -0.2) is 4.98 Å². The molecule has 9 heteroatoms. The molecule has 0 radical (unpaired) electrons. The second-order valence-electron chi connectivity index (χ2n) is 5.56. The van der Waals surface area contributed by atoms with E-state index in [1.54, 1.807) is 10.8 Å². The summed E-state index contributed by atoms with van der Waals surface area (Å²) in [6, 6.07) is 0. The average Bonchev–Trinajstić information content (AvgIpc) is 2.96. The van der Waals surface area contributed by atoms with Crippen molar-refractivity contribution in [2.45, 2.75) is 45.6 Å². The van der Waals surface area contributed by atoms with E-state index < -0.39 is 12.3 Å². The van der Waals surface area contributed by atoms with Crippen molar-refractivity contribution in [3.8, 4) is 0 Å². The Hall–Kier alpha value is -1.58. The second-order valence-corrected chi connectivity index (χ2v) is 7.24. The van der Waals surface area contributed by atoms with Crippen molar-refractivity contribution < 1.29 is 14.3 Å². The smallest absolute Gasteiger partial charge is 0.303 e. The number of hydrogen-bond donors (Lipinski definition) is 1. The van der Waals surface area contributed by atoms with Crippen LogP contribution in [-0.4, -0.2) is 32.7 Å². The zero-order chi connectivity index (χ0) is 16.7. The molecule has 1 aliphatic rings. The van der Waals surface area contributed by atoms with E-state index in [2.05, 4.69) is 9.97 Å². The number of nitrogens with zero attached hydrogens (tertiary/aromatic N) is 3. The molecule has 1 aliphatic heterocycles. The largest absolute Gasteiger partial charge is 0.457 e. The normalized spacial score (nSPS) is 27.4. The second kappa shape index (κ2) is 6.14. The van der Waals surface area contributed by atoms with Gasteiger partial charge in [0.1, 0.15) is 0 Å². The summed E-state index contributed by atoms with van der Waals surface area (Å²) >= 11 is 6.85. The Morgan fingerprint density at radius 2 is 2.35 bits per heavy atom. The molecule has 0 aliphatic carbocycles. The quantitative estimate of drug-likeness (QED) is 0.669. The summed E-state index contributed by atoms with van der Waals surface area (Å²) in [6.45, 7) is 5.46. The maximum Gasteiger partial charge on any atom is 0.303 e. The number of rotatable bonds is 3. The molecule has 2 aromatic heterocycles. The number of ether oxygens (including phenoxy) is 2. The van der Waals surface area contributed by atoms with Crippen LogP contribution in [0.5, 0.6) is 0 Å². The van der Waals surface area contributed by atoms with Gasteiger partial charge in [0.05, 0.1) is 17.0 Å². The summed E-state index contributed by atoms with van der Waals surface area (Å²) in [7, 11) is 0. The van der Waals surface area contributed by atoms with Crippen LogP contribution < -0.4 is 5.73 Å². The Bertz CT molecular complexity index is 803. The number of fused-ring (bicyclic) bond motifs is 1. The van der Waals surface area contributed by atoms with Gasteiger partial charge in [-0.2, -0.15) is 4.98 Å². The monoisotopic (exact) mass is 354 g/mol. The van der Waals surface area contributed by atoms with E-state index in [0.717, 1.165) is 11.1 Å². The van der Waals surface area contributed by atoms with Crippen LogP contribution in [0.15, 0.2) is 6.20 Å². The molecule has 7 nitrogen and oxygen atoms in total. The van der Waals surface area contributed by atoms with E-state index in [9.17, 15) is 4.79 Å². The fourth-order valence-electron chi connectivity index (χ4n) is 2.96. The average molecular weight is 354 g/mol. The lowest BCUT2D eigenvalue weighted by molar-refractivity contribution is -0.153. The first-order valence-corrected chi connectivity index (χ1v) is 8.61. The van der Waals surface area contributed by atoms with Gasteiger partial charge in [-0.1, -0.05) is 13.8 Å². The molecule has 2 N–H and O–H groups in total.